The van der Waals surface area contributed by atoms with Crippen LogP contribution in [0.5, 0.6) is 0 Å². The van der Waals surface area contributed by atoms with Crippen molar-refractivity contribution in [2.45, 2.75) is 11.8 Å². The Morgan fingerprint density at radius 3 is 2.48 bits per heavy atom. The van der Waals surface area contributed by atoms with Gasteiger partial charge in [-0.05, 0) is 55.9 Å². The molecule has 2 aromatic carbocycles. The SMILES string of the molecule is CNS(=O)(=O)c1ccc(C)c(NC(=O)c2cc(-c3ccc(F)cc3)on2)c1. The third kappa shape index (κ3) is 4.04. The summed E-state index contributed by atoms with van der Waals surface area (Å²) in [6.07, 6.45) is 0. The number of sulfonamides is 1. The van der Waals surface area contributed by atoms with Crippen LogP contribution in [0.1, 0.15) is 16.1 Å². The largest absolute Gasteiger partial charge is 0.355 e. The van der Waals surface area contributed by atoms with Gasteiger partial charge < -0.3 is 9.84 Å². The van der Waals surface area contributed by atoms with E-state index in [9.17, 15) is 17.6 Å². The first-order chi connectivity index (χ1) is 12.8. The topological polar surface area (TPSA) is 101 Å². The number of nitrogens with one attached hydrogen (secondary N) is 2. The second kappa shape index (κ2) is 7.29. The van der Waals surface area contributed by atoms with E-state index in [1.807, 2.05) is 0 Å². The zero-order valence-corrected chi connectivity index (χ0v) is 15.3. The van der Waals surface area contributed by atoms with E-state index in [0.717, 1.165) is 0 Å². The first kappa shape index (κ1) is 18.7. The Bertz CT molecular complexity index is 1090. The van der Waals surface area contributed by atoms with E-state index in [-0.39, 0.29) is 16.4 Å². The fraction of sp³-hybridized carbons (Fsp3) is 0.111. The van der Waals surface area contributed by atoms with Crippen LogP contribution in [0.15, 0.2) is 57.9 Å². The molecule has 1 heterocycles. The maximum absolute atomic E-state index is 13.0. The molecule has 3 aromatic rings. The lowest BCUT2D eigenvalue weighted by atomic mass is 10.1. The van der Waals surface area contributed by atoms with Crippen molar-refractivity contribution in [1.82, 2.24) is 9.88 Å². The van der Waals surface area contributed by atoms with Gasteiger partial charge in [0.05, 0.1) is 4.90 Å². The van der Waals surface area contributed by atoms with Gasteiger partial charge in [-0.2, -0.15) is 0 Å². The average Bonchev–Trinajstić information content (AvgIpc) is 3.14. The number of carbonyl (C=O) groups is 1. The van der Waals surface area contributed by atoms with E-state index in [0.29, 0.717) is 22.6 Å². The maximum atomic E-state index is 13.0. The standard InChI is InChI=1S/C18H16FN3O4S/c1-11-3-8-14(27(24,25)20-2)9-15(11)21-18(23)16-10-17(26-22-16)12-4-6-13(19)7-5-12/h3-10,20H,1-2H3,(H,21,23). The van der Waals surface area contributed by atoms with Crippen LogP contribution < -0.4 is 10.0 Å². The molecule has 0 aliphatic carbocycles. The summed E-state index contributed by atoms with van der Waals surface area (Å²) in [5.41, 5.74) is 1.60. The van der Waals surface area contributed by atoms with E-state index in [2.05, 4.69) is 15.2 Å². The van der Waals surface area contributed by atoms with Crippen molar-refractivity contribution in [3.63, 3.8) is 0 Å². The number of amides is 1. The molecular formula is C18H16FN3O4S. The highest BCUT2D eigenvalue weighted by atomic mass is 32.2. The predicted molar refractivity (Wildman–Crippen MR) is 97.3 cm³/mol. The zero-order valence-electron chi connectivity index (χ0n) is 14.5. The van der Waals surface area contributed by atoms with Crippen LogP contribution in [-0.4, -0.2) is 26.5 Å². The molecule has 0 saturated heterocycles. The normalized spacial score (nSPS) is 11.4. The lowest BCUT2D eigenvalue weighted by Crippen LogP contribution is -2.19. The minimum absolute atomic E-state index is 0.00982. The van der Waals surface area contributed by atoms with Gasteiger partial charge in [0.25, 0.3) is 5.91 Å². The van der Waals surface area contributed by atoms with Gasteiger partial charge in [0, 0.05) is 17.3 Å². The van der Waals surface area contributed by atoms with Crippen LogP contribution in [0.4, 0.5) is 10.1 Å². The molecule has 7 nitrogen and oxygen atoms in total. The minimum Gasteiger partial charge on any atom is -0.355 e. The highest BCUT2D eigenvalue weighted by Crippen LogP contribution is 2.23. The highest BCUT2D eigenvalue weighted by Gasteiger charge is 2.17. The number of hydrogen-bond donors (Lipinski definition) is 2. The Kier molecular flexibility index (Phi) is 5.06. The van der Waals surface area contributed by atoms with Crippen LogP contribution in [0.2, 0.25) is 0 Å². The first-order valence-electron chi connectivity index (χ1n) is 7.88. The molecule has 2 N–H and O–H groups in total. The maximum Gasteiger partial charge on any atom is 0.277 e. The Hall–Kier alpha value is -3.04. The fourth-order valence-electron chi connectivity index (χ4n) is 2.34. The molecule has 9 heteroatoms. The van der Waals surface area contributed by atoms with E-state index in [1.165, 1.54) is 49.5 Å². The number of carbonyl (C=O) groups excluding carboxylic acids is 1. The van der Waals surface area contributed by atoms with Crippen LogP contribution in [0, 0.1) is 12.7 Å². The Labute approximate surface area is 155 Å². The molecule has 0 atom stereocenters. The quantitative estimate of drug-likeness (QED) is 0.699. The molecule has 0 radical (unpaired) electrons. The Morgan fingerprint density at radius 1 is 1.11 bits per heavy atom. The van der Waals surface area contributed by atoms with Crippen LogP contribution in [0.25, 0.3) is 11.3 Å². The van der Waals surface area contributed by atoms with E-state index in [1.54, 1.807) is 13.0 Å². The number of anilines is 1. The van der Waals surface area contributed by atoms with Gasteiger partial charge in [-0.1, -0.05) is 11.2 Å². The molecule has 1 aromatic heterocycles. The number of hydrogen-bond acceptors (Lipinski definition) is 5. The fourth-order valence-corrected chi connectivity index (χ4v) is 3.10. The third-order valence-electron chi connectivity index (χ3n) is 3.91. The highest BCUT2D eigenvalue weighted by molar-refractivity contribution is 7.89. The summed E-state index contributed by atoms with van der Waals surface area (Å²) in [5.74, 6) is -0.638. The number of aromatic nitrogens is 1. The summed E-state index contributed by atoms with van der Waals surface area (Å²) in [6.45, 7) is 1.73. The van der Waals surface area contributed by atoms with Crippen molar-refractivity contribution in [2.24, 2.45) is 0 Å². The van der Waals surface area contributed by atoms with Gasteiger partial charge in [0.15, 0.2) is 11.5 Å². The Morgan fingerprint density at radius 2 is 1.81 bits per heavy atom. The molecule has 0 aliphatic heterocycles. The summed E-state index contributed by atoms with van der Waals surface area (Å²) >= 11 is 0. The average molecular weight is 389 g/mol. The molecule has 0 spiro atoms. The van der Waals surface area contributed by atoms with Crippen molar-refractivity contribution >= 4 is 21.6 Å². The predicted octanol–water partition coefficient (Wildman–Crippen LogP) is 2.95. The van der Waals surface area contributed by atoms with Crippen molar-refractivity contribution in [2.75, 3.05) is 12.4 Å². The van der Waals surface area contributed by atoms with Gasteiger partial charge >= 0.3 is 0 Å². The molecule has 0 saturated carbocycles. The number of halogens is 1. The second-order valence-electron chi connectivity index (χ2n) is 5.72. The minimum atomic E-state index is -3.64. The molecule has 0 aliphatic rings. The van der Waals surface area contributed by atoms with Crippen molar-refractivity contribution in [3.05, 3.63) is 65.6 Å². The molecule has 0 bridgehead atoms. The smallest absolute Gasteiger partial charge is 0.277 e. The first-order valence-corrected chi connectivity index (χ1v) is 9.36. The summed E-state index contributed by atoms with van der Waals surface area (Å²) in [6, 6.07) is 11.4. The van der Waals surface area contributed by atoms with Crippen molar-refractivity contribution in [1.29, 1.82) is 0 Å². The van der Waals surface area contributed by atoms with Gasteiger partial charge in [-0.15, -0.1) is 0 Å². The van der Waals surface area contributed by atoms with Crippen LogP contribution in [0.3, 0.4) is 0 Å². The van der Waals surface area contributed by atoms with E-state index in [4.69, 9.17) is 4.52 Å². The van der Waals surface area contributed by atoms with Crippen LogP contribution >= 0.6 is 0 Å². The lowest BCUT2D eigenvalue weighted by Gasteiger charge is -2.09. The second-order valence-corrected chi connectivity index (χ2v) is 7.61. The van der Waals surface area contributed by atoms with E-state index >= 15 is 0 Å². The van der Waals surface area contributed by atoms with Gasteiger partial charge in [-0.25, -0.2) is 17.5 Å². The molecule has 0 fully saturated rings. The summed E-state index contributed by atoms with van der Waals surface area (Å²) < 4.78 is 44.2. The molecule has 3 rings (SSSR count). The zero-order chi connectivity index (χ0) is 19.6. The molecule has 1 amide bonds. The monoisotopic (exact) mass is 389 g/mol. The molecular weight excluding hydrogens is 373 g/mol. The number of rotatable bonds is 5. The van der Waals surface area contributed by atoms with Crippen molar-refractivity contribution in [3.8, 4) is 11.3 Å². The molecule has 140 valence electrons. The summed E-state index contributed by atoms with van der Waals surface area (Å²) in [7, 11) is -2.33. The number of nitrogens with zero attached hydrogens (tertiary/aromatic N) is 1. The van der Waals surface area contributed by atoms with Gasteiger partial charge in [0.2, 0.25) is 10.0 Å². The van der Waals surface area contributed by atoms with Gasteiger partial charge in [-0.3, -0.25) is 4.79 Å². The summed E-state index contributed by atoms with van der Waals surface area (Å²) in [4.78, 5) is 12.5. The molecule has 0 unspecified atom stereocenters. The number of benzene rings is 2. The van der Waals surface area contributed by atoms with Crippen LogP contribution in [-0.2, 0) is 10.0 Å². The number of aryl methyl sites for hydroxylation is 1. The molecule has 27 heavy (non-hydrogen) atoms. The van der Waals surface area contributed by atoms with E-state index < -0.39 is 15.9 Å². The summed E-state index contributed by atoms with van der Waals surface area (Å²) in [5, 5.41) is 6.34. The lowest BCUT2D eigenvalue weighted by molar-refractivity contribution is 0.101. The van der Waals surface area contributed by atoms with Crippen molar-refractivity contribution < 1.29 is 22.1 Å². The third-order valence-corrected chi connectivity index (χ3v) is 5.32. The van der Waals surface area contributed by atoms with Gasteiger partial charge in [0.1, 0.15) is 5.82 Å². The Balaban J connectivity index is 1.84.